The van der Waals surface area contributed by atoms with Gasteiger partial charge in [-0.05, 0) is 12.1 Å². The van der Waals surface area contributed by atoms with Crippen molar-refractivity contribution in [3.8, 4) is 6.07 Å². The van der Waals surface area contributed by atoms with E-state index in [1.807, 2.05) is 17.5 Å². The van der Waals surface area contributed by atoms with Gasteiger partial charge in [-0.3, -0.25) is 0 Å². The molecule has 2 aromatic heterocycles. The third kappa shape index (κ3) is 1.92. The van der Waals surface area contributed by atoms with E-state index >= 15 is 0 Å². The highest BCUT2D eigenvalue weighted by molar-refractivity contribution is 8.01. The summed E-state index contributed by atoms with van der Waals surface area (Å²) in [5.74, 6) is 0. The van der Waals surface area contributed by atoms with Crippen LogP contribution < -0.4 is 0 Å². The van der Waals surface area contributed by atoms with Crippen LogP contribution in [0.4, 0.5) is 0 Å². The maximum Gasteiger partial charge on any atom is 0.154 e. The van der Waals surface area contributed by atoms with Crippen LogP contribution >= 0.6 is 23.1 Å². The van der Waals surface area contributed by atoms with Crippen molar-refractivity contribution in [3.63, 3.8) is 0 Å². The number of aromatic nitrogens is 2. The summed E-state index contributed by atoms with van der Waals surface area (Å²) in [5, 5.41) is 10.7. The number of nitrogens with zero attached hydrogens (tertiary/aromatic N) is 3. The number of pyridine rings is 1. The number of hydrogen-bond acceptors (Lipinski definition) is 5. The van der Waals surface area contributed by atoms with Crippen molar-refractivity contribution in [2.45, 2.75) is 9.24 Å². The zero-order chi connectivity index (χ0) is 9.80. The Morgan fingerprint density at radius 2 is 2.29 bits per heavy atom. The van der Waals surface area contributed by atoms with Crippen molar-refractivity contribution in [3.05, 3.63) is 35.6 Å². The minimum Gasteiger partial charge on any atom is -0.244 e. The van der Waals surface area contributed by atoms with Gasteiger partial charge < -0.3 is 0 Å². The van der Waals surface area contributed by atoms with Gasteiger partial charge >= 0.3 is 0 Å². The first-order valence-corrected chi connectivity index (χ1v) is 5.52. The molecular formula is C9H5N3S2. The maximum atomic E-state index is 8.80. The molecule has 2 heterocycles. The summed E-state index contributed by atoms with van der Waals surface area (Å²) in [6, 6.07) is 5.74. The van der Waals surface area contributed by atoms with E-state index in [9.17, 15) is 0 Å². The number of hydrogen-bond donors (Lipinski definition) is 0. The average molecular weight is 219 g/mol. The second-order valence-electron chi connectivity index (χ2n) is 2.36. The van der Waals surface area contributed by atoms with E-state index in [0.717, 1.165) is 9.24 Å². The van der Waals surface area contributed by atoms with Crippen LogP contribution in [0, 0.1) is 11.3 Å². The summed E-state index contributed by atoms with van der Waals surface area (Å²) in [4.78, 5) is 8.96. The van der Waals surface area contributed by atoms with Crippen LogP contribution in [-0.4, -0.2) is 9.97 Å². The van der Waals surface area contributed by atoms with Crippen molar-refractivity contribution in [1.29, 1.82) is 5.26 Å². The fourth-order valence-electron chi connectivity index (χ4n) is 0.912. The monoisotopic (exact) mass is 219 g/mol. The quantitative estimate of drug-likeness (QED) is 0.778. The molecule has 5 heteroatoms. The Morgan fingerprint density at radius 1 is 1.36 bits per heavy atom. The SMILES string of the molecule is N#Cc1ncccc1Sc1nccs1. The van der Waals surface area contributed by atoms with Crippen molar-refractivity contribution < 1.29 is 0 Å². The molecule has 68 valence electrons. The van der Waals surface area contributed by atoms with E-state index in [1.54, 1.807) is 23.7 Å². The Labute approximate surface area is 89.4 Å². The minimum atomic E-state index is 0.452. The lowest BCUT2D eigenvalue weighted by Crippen LogP contribution is -1.84. The van der Waals surface area contributed by atoms with E-state index in [2.05, 4.69) is 16.0 Å². The summed E-state index contributed by atoms with van der Waals surface area (Å²) >= 11 is 3.02. The Hall–Kier alpha value is -1.38. The largest absolute Gasteiger partial charge is 0.244 e. The van der Waals surface area contributed by atoms with Crippen molar-refractivity contribution in [2.24, 2.45) is 0 Å². The molecule has 0 fully saturated rings. The Morgan fingerprint density at radius 3 is 3.00 bits per heavy atom. The maximum absolute atomic E-state index is 8.80. The predicted octanol–water partition coefficient (Wildman–Crippen LogP) is 2.56. The highest BCUT2D eigenvalue weighted by Crippen LogP contribution is 2.30. The Bertz CT molecular complexity index is 459. The lowest BCUT2D eigenvalue weighted by molar-refractivity contribution is 1.17. The van der Waals surface area contributed by atoms with Crippen LogP contribution in [0.15, 0.2) is 39.1 Å². The smallest absolute Gasteiger partial charge is 0.154 e. The van der Waals surface area contributed by atoms with Crippen LogP contribution in [0.25, 0.3) is 0 Å². The van der Waals surface area contributed by atoms with Crippen molar-refractivity contribution in [2.75, 3.05) is 0 Å². The van der Waals surface area contributed by atoms with E-state index in [4.69, 9.17) is 5.26 Å². The van der Waals surface area contributed by atoms with E-state index in [1.165, 1.54) is 11.8 Å². The van der Waals surface area contributed by atoms with Crippen molar-refractivity contribution >= 4 is 23.1 Å². The minimum absolute atomic E-state index is 0.452. The van der Waals surface area contributed by atoms with Gasteiger partial charge in [0, 0.05) is 17.8 Å². The molecule has 0 N–H and O–H groups in total. The fourth-order valence-corrected chi connectivity index (χ4v) is 2.54. The molecule has 2 rings (SSSR count). The van der Waals surface area contributed by atoms with Crippen LogP contribution in [0.2, 0.25) is 0 Å². The van der Waals surface area contributed by atoms with Crippen LogP contribution in [0.5, 0.6) is 0 Å². The summed E-state index contributed by atoms with van der Waals surface area (Å²) in [7, 11) is 0. The van der Waals surface area contributed by atoms with Gasteiger partial charge in [-0.1, -0.05) is 11.8 Å². The van der Waals surface area contributed by atoms with Gasteiger partial charge in [-0.15, -0.1) is 11.3 Å². The molecule has 0 aliphatic rings. The summed E-state index contributed by atoms with van der Waals surface area (Å²) in [6.07, 6.45) is 3.36. The molecular weight excluding hydrogens is 214 g/mol. The normalized spacial score (nSPS) is 9.64. The van der Waals surface area contributed by atoms with Crippen LogP contribution in [-0.2, 0) is 0 Å². The molecule has 0 aliphatic heterocycles. The molecule has 0 unspecified atom stereocenters. The van der Waals surface area contributed by atoms with Gasteiger partial charge in [0.1, 0.15) is 6.07 Å². The van der Waals surface area contributed by atoms with Gasteiger partial charge in [-0.2, -0.15) is 5.26 Å². The molecule has 0 atom stereocenters. The number of thiazole rings is 1. The highest BCUT2D eigenvalue weighted by atomic mass is 32.2. The zero-order valence-corrected chi connectivity index (χ0v) is 8.68. The highest BCUT2D eigenvalue weighted by Gasteiger charge is 2.05. The standard InChI is InChI=1S/C9H5N3S2/c10-6-7-8(2-1-3-11-7)14-9-12-4-5-13-9/h1-5H. The van der Waals surface area contributed by atoms with Gasteiger partial charge in [0.25, 0.3) is 0 Å². The fraction of sp³-hybridized carbons (Fsp3) is 0. The van der Waals surface area contributed by atoms with Gasteiger partial charge in [0.05, 0.1) is 4.90 Å². The van der Waals surface area contributed by atoms with Gasteiger partial charge in [-0.25, -0.2) is 9.97 Å². The molecule has 0 aliphatic carbocycles. The number of rotatable bonds is 2. The first-order chi connectivity index (χ1) is 6.90. The Kier molecular flexibility index (Phi) is 2.77. The summed E-state index contributed by atoms with van der Waals surface area (Å²) in [5.41, 5.74) is 0.452. The molecule has 0 radical (unpaired) electrons. The lowest BCUT2D eigenvalue weighted by Gasteiger charge is -1.97. The van der Waals surface area contributed by atoms with E-state index in [-0.39, 0.29) is 0 Å². The molecule has 0 saturated heterocycles. The summed E-state index contributed by atoms with van der Waals surface area (Å²) in [6.45, 7) is 0. The second kappa shape index (κ2) is 4.22. The first kappa shape index (κ1) is 9.19. The van der Waals surface area contributed by atoms with Crippen LogP contribution in [0.1, 0.15) is 5.69 Å². The third-order valence-electron chi connectivity index (χ3n) is 1.48. The number of nitriles is 1. The first-order valence-electron chi connectivity index (χ1n) is 3.82. The second-order valence-corrected chi connectivity index (χ2v) is 4.55. The Balaban J connectivity index is 2.30. The average Bonchev–Trinajstić information content (AvgIpc) is 2.71. The molecule has 3 nitrogen and oxygen atoms in total. The molecule has 0 bridgehead atoms. The van der Waals surface area contributed by atoms with Gasteiger partial charge in [0.2, 0.25) is 0 Å². The molecule has 0 saturated carbocycles. The zero-order valence-electron chi connectivity index (χ0n) is 7.04. The van der Waals surface area contributed by atoms with E-state index in [0.29, 0.717) is 5.69 Å². The molecule has 14 heavy (non-hydrogen) atoms. The predicted molar refractivity (Wildman–Crippen MR) is 55.2 cm³/mol. The topological polar surface area (TPSA) is 49.6 Å². The van der Waals surface area contributed by atoms with E-state index < -0.39 is 0 Å². The molecule has 0 aromatic carbocycles. The van der Waals surface area contributed by atoms with Crippen molar-refractivity contribution in [1.82, 2.24) is 9.97 Å². The molecule has 0 spiro atoms. The molecule has 0 amide bonds. The van der Waals surface area contributed by atoms with Gasteiger partial charge in [0.15, 0.2) is 10.0 Å². The lowest BCUT2D eigenvalue weighted by atomic mass is 10.4. The molecule has 2 aromatic rings. The third-order valence-corrected chi connectivity index (χ3v) is 3.42. The summed E-state index contributed by atoms with van der Waals surface area (Å²) < 4.78 is 0.925. The van der Waals surface area contributed by atoms with Crippen LogP contribution in [0.3, 0.4) is 0 Å².